The first-order valence-corrected chi connectivity index (χ1v) is 7.02. The summed E-state index contributed by atoms with van der Waals surface area (Å²) < 4.78 is 0.691. The van der Waals surface area contributed by atoms with Crippen molar-refractivity contribution in [2.45, 2.75) is 17.7 Å². The summed E-state index contributed by atoms with van der Waals surface area (Å²) in [6, 6.07) is 1.46. The molecule has 1 N–H and O–H groups in total. The minimum Gasteiger partial charge on any atom is -0.360 e. The van der Waals surface area contributed by atoms with Gasteiger partial charge in [-0.15, -0.1) is 28.3 Å². The third-order valence-corrected chi connectivity index (χ3v) is 4.62. The molecule has 1 aliphatic rings. The summed E-state index contributed by atoms with van der Waals surface area (Å²) in [5.74, 6) is 0.235. The molecule has 0 radical (unpaired) electrons. The molecule has 1 saturated carbocycles. The van der Waals surface area contributed by atoms with E-state index < -0.39 is 4.33 Å². The van der Waals surface area contributed by atoms with Gasteiger partial charge in [-0.05, 0) is 13.3 Å². The molecule has 96 valence electrons. The van der Waals surface area contributed by atoms with Gasteiger partial charge in [-0.25, -0.2) is 4.98 Å². The van der Waals surface area contributed by atoms with E-state index in [1.807, 2.05) is 0 Å². The van der Waals surface area contributed by atoms with Gasteiger partial charge in [0.15, 0.2) is 0 Å². The van der Waals surface area contributed by atoms with Crippen LogP contribution in [0.4, 0.5) is 5.13 Å². The molecule has 0 aliphatic heterocycles. The molecule has 2 aromatic heterocycles. The number of nitrogens with zero attached hydrogens (tertiary/aromatic N) is 3. The predicted molar refractivity (Wildman–Crippen MR) is 72.9 cm³/mol. The third-order valence-electron chi connectivity index (χ3n) is 2.83. The average Bonchev–Trinajstić information content (AvgIpc) is 2.70. The Morgan fingerprint density at radius 3 is 3.06 bits per heavy atom. The van der Waals surface area contributed by atoms with Crippen LogP contribution in [-0.4, -0.2) is 25.5 Å². The van der Waals surface area contributed by atoms with E-state index in [9.17, 15) is 4.79 Å². The number of hydrogen-bond donors (Lipinski definition) is 1. The molecular weight excluding hydrogens is 295 g/mol. The summed E-state index contributed by atoms with van der Waals surface area (Å²) in [5, 5.41) is 7.95. The van der Waals surface area contributed by atoms with Gasteiger partial charge in [-0.2, -0.15) is 4.52 Å². The molecule has 8 heteroatoms. The quantitative estimate of drug-likeness (QED) is 0.882. The van der Waals surface area contributed by atoms with Crippen LogP contribution >= 0.6 is 34.5 Å². The van der Waals surface area contributed by atoms with Gasteiger partial charge >= 0.3 is 0 Å². The molecule has 0 saturated heterocycles. The molecule has 18 heavy (non-hydrogen) atoms. The Bertz CT molecular complexity index is 665. The summed E-state index contributed by atoms with van der Waals surface area (Å²) in [5.41, 5.74) is 0.523. The highest BCUT2D eigenvalue weighted by Gasteiger charge is 2.51. The fraction of sp³-hybridized carbons (Fsp3) is 0.500. The Hall–Kier alpha value is -0.850. The first kappa shape index (κ1) is 12.2. The van der Waals surface area contributed by atoms with Crippen LogP contribution in [0.3, 0.4) is 0 Å². The minimum atomic E-state index is -0.602. The van der Waals surface area contributed by atoms with Crippen LogP contribution in [0.5, 0.6) is 0 Å². The summed E-state index contributed by atoms with van der Waals surface area (Å²) in [7, 11) is 0. The molecule has 2 heterocycles. The van der Waals surface area contributed by atoms with Crippen LogP contribution in [-0.2, 0) is 0 Å². The van der Waals surface area contributed by atoms with E-state index in [1.165, 1.54) is 21.9 Å². The van der Waals surface area contributed by atoms with Crippen LogP contribution in [0.25, 0.3) is 4.96 Å². The highest BCUT2D eigenvalue weighted by molar-refractivity contribution is 7.20. The second kappa shape index (κ2) is 4.08. The van der Waals surface area contributed by atoms with Gasteiger partial charge in [0, 0.05) is 24.2 Å². The number of anilines is 1. The summed E-state index contributed by atoms with van der Waals surface area (Å²) >= 11 is 13.2. The van der Waals surface area contributed by atoms with Crippen molar-refractivity contribution < 1.29 is 0 Å². The molecule has 3 rings (SSSR count). The maximum atomic E-state index is 11.7. The molecule has 0 unspecified atom stereocenters. The van der Waals surface area contributed by atoms with Gasteiger partial charge in [0.25, 0.3) is 5.56 Å². The fourth-order valence-electron chi connectivity index (χ4n) is 1.69. The van der Waals surface area contributed by atoms with Gasteiger partial charge < -0.3 is 5.32 Å². The van der Waals surface area contributed by atoms with E-state index in [0.717, 1.165) is 6.42 Å². The fourth-order valence-corrected chi connectivity index (χ4v) is 3.08. The molecule has 1 aliphatic carbocycles. The van der Waals surface area contributed by atoms with Crippen LogP contribution in [0.2, 0.25) is 0 Å². The highest BCUT2D eigenvalue weighted by atomic mass is 35.5. The lowest BCUT2D eigenvalue weighted by Gasteiger charge is -2.00. The lowest BCUT2D eigenvalue weighted by Crippen LogP contribution is -2.15. The Kier molecular flexibility index (Phi) is 2.76. The molecule has 0 amide bonds. The SMILES string of the molecule is Cc1cc(=O)n2nc(NC[C@@H]3CC3(Cl)Cl)sc2n1. The number of aromatic nitrogens is 3. The standard InChI is InChI=1S/C10H10Cl2N4OS/c1-5-2-7(17)16-9(14-5)18-8(15-16)13-4-6-3-10(6,11)12/h2,6H,3-4H2,1H3,(H,13,15)/t6-/m0/s1. The Morgan fingerprint density at radius 2 is 2.39 bits per heavy atom. The number of alkyl halides is 2. The van der Waals surface area contributed by atoms with Crippen molar-refractivity contribution in [2.75, 3.05) is 11.9 Å². The van der Waals surface area contributed by atoms with Crippen LogP contribution in [0.1, 0.15) is 12.1 Å². The zero-order valence-corrected chi connectivity index (χ0v) is 11.8. The van der Waals surface area contributed by atoms with Crippen molar-refractivity contribution in [3.05, 3.63) is 22.1 Å². The van der Waals surface area contributed by atoms with E-state index in [2.05, 4.69) is 15.4 Å². The Balaban J connectivity index is 1.81. The Labute approximate surface area is 117 Å². The molecular formula is C10H10Cl2N4OS. The zero-order valence-electron chi connectivity index (χ0n) is 9.48. The topological polar surface area (TPSA) is 59.3 Å². The second-order valence-corrected chi connectivity index (χ2v) is 6.88. The molecule has 1 fully saturated rings. The van der Waals surface area contributed by atoms with E-state index in [4.69, 9.17) is 23.2 Å². The maximum absolute atomic E-state index is 11.7. The van der Waals surface area contributed by atoms with Crippen LogP contribution in [0, 0.1) is 12.8 Å². The van der Waals surface area contributed by atoms with Gasteiger partial charge in [0.1, 0.15) is 4.33 Å². The molecule has 2 aromatic rings. The zero-order chi connectivity index (χ0) is 12.9. The number of hydrogen-bond acceptors (Lipinski definition) is 5. The van der Waals surface area contributed by atoms with Gasteiger partial charge in [-0.1, -0.05) is 11.3 Å². The highest BCUT2D eigenvalue weighted by Crippen LogP contribution is 2.52. The smallest absolute Gasteiger partial charge is 0.275 e. The van der Waals surface area contributed by atoms with Crippen molar-refractivity contribution in [3.63, 3.8) is 0 Å². The lowest BCUT2D eigenvalue weighted by atomic mass is 10.4. The van der Waals surface area contributed by atoms with Crippen LogP contribution < -0.4 is 10.9 Å². The number of halogens is 2. The number of aryl methyl sites for hydroxylation is 1. The predicted octanol–water partition coefficient (Wildman–Crippen LogP) is 2.07. The molecule has 0 bridgehead atoms. The normalized spacial score (nSPS) is 21.2. The summed E-state index contributed by atoms with van der Waals surface area (Å²) in [4.78, 5) is 16.5. The van der Waals surface area contributed by atoms with Crippen molar-refractivity contribution in [1.82, 2.24) is 14.6 Å². The summed E-state index contributed by atoms with van der Waals surface area (Å²) in [6.45, 7) is 2.44. The molecule has 5 nitrogen and oxygen atoms in total. The lowest BCUT2D eigenvalue weighted by molar-refractivity contribution is 0.849. The third kappa shape index (κ3) is 2.20. The van der Waals surface area contributed by atoms with Gasteiger partial charge in [-0.3, -0.25) is 4.79 Å². The first-order valence-electron chi connectivity index (χ1n) is 5.45. The monoisotopic (exact) mass is 304 g/mol. The van der Waals surface area contributed by atoms with Crippen molar-refractivity contribution in [3.8, 4) is 0 Å². The van der Waals surface area contributed by atoms with Crippen molar-refractivity contribution >= 4 is 44.6 Å². The second-order valence-electron chi connectivity index (χ2n) is 4.38. The largest absolute Gasteiger partial charge is 0.360 e. The molecule has 1 atom stereocenters. The average molecular weight is 305 g/mol. The van der Waals surface area contributed by atoms with E-state index in [1.54, 1.807) is 6.92 Å². The van der Waals surface area contributed by atoms with E-state index >= 15 is 0 Å². The van der Waals surface area contributed by atoms with Crippen LogP contribution in [0.15, 0.2) is 10.9 Å². The Morgan fingerprint density at radius 1 is 1.67 bits per heavy atom. The van der Waals surface area contributed by atoms with E-state index in [0.29, 0.717) is 22.3 Å². The number of nitrogens with one attached hydrogen (secondary N) is 1. The number of rotatable bonds is 3. The van der Waals surface area contributed by atoms with Crippen molar-refractivity contribution in [1.29, 1.82) is 0 Å². The summed E-state index contributed by atoms with van der Waals surface area (Å²) in [6.07, 6.45) is 0.783. The minimum absolute atomic E-state index is 0.169. The molecule has 0 aromatic carbocycles. The molecule has 0 spiro atoms. The van der Waals surface area contributed by atoms with Gasteiger partial charge in [0.05, 0.1) is 0 Å². The number of fused-ring (bicyclic) bond motifs is 1. The maximum Gasteiger partial charge on any atom is 0.275 e. The van der Waals surface area contributed by atoms with Crippen molar-refractivity contribution in [2.24, 2.45) is 5.92 Å². The first-order chi connectivity index (χ1) is 8.45. The van der Waals surface area contributed by atoms with Gasteiger partial charge in [0.2, 0.25) is 10.1 Å². The van der Waals surface area contributed by atoms with E-state index in [-0.39, 0.29) is 11.5 Å².